The molecule has 2 N–H and O–H groups in total. The zero-order chi connectivity index (χ0) is 12.6. The summed E-state index contributed by atoms with van der Waals surface area (Å²) in [6.45, 7) is 0. The standard InChI is InChI=1S/C12H9ClF3N/c13-10-8-4-2-1-3-7(8)5-6-9(10)11(17)12(14,15)16/h1-6,11H,17H2/t11-/m0/s1. The van der Waals surface area contributed by atoms with E-state index >= 15 is 0 Å². The molecule has 0 heterocycles. The van der Waals surface area contributed by atoms with Crippen molar-refractivity contribution >= 4 is 22.4 Å². The van der Waals surface area contributed by atoms with E-state index in [1.54, 1.807) is 30.3 Å². The Labute approximate surface area is 101 Å². The van der Waals surface area contributed by atoms with E-state index in [1.165, 1.54) is 6.07 Å². The highest BCUT2D eigenvalue weighted by Crippen LogP contribution is 2.37. The maximum atomic E-state index is 12.5. The summed E-state index contributed by atoms with van der Waals surface area (Å²) in [5, 5.41) is 1.43. The van der Waals surface area contributed by atoms with Crippen molar-refractivity contribution in [2.75, 3.05) is 0 Å². The zero-order valence-corrected chi connectivity index (χ0v) is 9.39. The van der Waals surface area contributed by atoms with Gasteiger partial charge in [0.05, 0.1) is 5.02 Å². The summed E-state index contributed by atoms with van der Waals surface area (Å²) in [5.74, 6) is 0. The Morgan fingerprint density at radius 3 is 2.35 bits per heavy atom. The van der Waals surface area contributed by atoms with Gasteiger partial charge in [-0.3, -0.25) is 0 Å². The second kappa shape index (κ2) is 4.20. The molecule has 0 fully saturated rings. The molecule has 0 aliphatic carbocycles. The van der Waals surface area contributed by atoms with Crippen LogP contribution in [0.3, 0.4) is 0 Å². The number of halogens is 4. The van der Waals surface area contributed by atoms with E-state index in [-0.39, 0.29) is 10.6 Å². The van der Waals surface area contributed by atoms with Crippen LogP contribution in [0.2, 0.25) is 5.02 Å². The Morgan fingerprint density at radius 1 is 1.06 bits per heavy atom. The van der Waals surface area contributed by atoms with Crippen LogP contribution in [-0.4, -0.2) is 6.18 Å². The van der Waals surface area contributed by atoms with Crippen molar-refractivity contribution in [1.29, 1.82) is 0 Å². The van der Waals surface area contributed by atoms with Gasteiger partial charge in [-0.15, -0.1) is 0 Å². The fourth-order valence-electron chi connectivity index (χ4n) is 1.67. The Morgan fingerprint density at radius 2 is 1.71 bits per heavy atom. The maximum Gasteiger partial charge on any atom is 0.407 e. The molecule has 1 nitrogen and oxygen atoms in total. The van der Waals surface area contributed by atoms with Crippen LogP contribution >= 0.6 is 11.6 Å². The molecule has 5 heteroatoms. The molecule has 2 aromatic carbocycles. The van der Waals surface area contributed by atoms with E-state index in [1.807, 2.05) is 0 Å². The number of alkyl halides is 3. The number of fused-ring (bicyclic) bond motifs is 1. The topological polar surface area (TPSA) is 26.0 Å². The summed E-state index contributed by atoms with van der Waals surface area (Å²) in [5.41, 5.74) is 5.06. The lowest BCUT2D eigenvalue weighted by Crippen LogP contribution is -2.28. The van der Waals surface area contributed by atoms with Crippen LogP contribution in [0, 0.1) is 0 Å². The third kappa shape index (κ3) is 2.23. The smallest absolute Gasteiger partial charge is 0.316 e. The van der Waals surface area contributed by atoms with Crippen molar-refractivity contribution in [2.24, 2.45) is 5.73 Å². The number of hydrogen-bond acceptors (Lipinski definition) is 1. The molecule has 17 heavy (non-hydrogen) atoms. The lowest BCUT2D eigenvalue weighted by Gasteiger charge is -2.18. The lowest BCUT2D eigenvalue weighted by atomic mass is 10.0. The average molecular weight is 260 g/mol. The summed E-state index contributed by atoms with van der Waals surface area (Å²) in [7, 11) is 0. The van der Waals surface area contributed by atoms with E-state index in [4.69, 9.17) is 17.3 Å². The van der Waals surface area contributed by atoms with E-state index in [0.717, 1.165) is 5.39 Å². The van der Waals surface area contributed by atoms with Gasteiger partial charge in [0.15, 0.2) is 0 Å². The summed E-state index contributed by atoms with van der Waals surface area (Å²) >= 11 is 5.96. The molecular formula is C12H9ClF3N. The van der Waals surface area contributed by atoms with E-state index in [9.17, 15) is 13.2 Å². The molecule has 2 rings (SSSR count). The molecule has 0 aliphatic heterocycles. The van der Waals surface area contributed by atoms with Crippen molar-refractivity contribution in [3.05, 3.63) is 47.0 Å². The van der Waals surface area contributed by atoms with Crippen molar-refractivity contribution in [3.8, 4) is 0 Å². The van der Waals surface area contributed by atoms with E-state index in [2.05, 4.69) is 0 Å². The van der Waals surface area contributed by atoms with Gasteiger partial charge in [-0.25, -0.2) is 0 Å². The zero-order valence-electron chi connectivity index (χ0n) is 8.63. The molecule has 1 atom stereocenters. The minimum absolute atomic E-state index is 0.0629. The highest BCUT2D eigenvalue weighted by atomic mass is 35.5. The van der Waals surface area contributed by atoms with Crippen LogP contribution < -0.4 is 5.73 Å². The molecule has 0 spiro atoms. The minimum Gasteiger partial charge on any atom is -0.316 e. The van der Waals surface area contributed by atoms with Gasteiger partial charge in [0.2, 0.25) is 0 Å². The first kappa shape index (κ1) is 12.2. The molecule has 0 saturated heterocycles. The molecule has 0 amide bonds. The van der Waals surface area contributed by atoms with Gasteiger partial charge in [-0.1, -0.05) is 48.0 Å². The predicted molar refractivity (Wildman–Crippen MR) is 61.9 cm³/mol. The van der Waals surface area contributed by atoms with Gasteiger partial charge in [0, 0.05) is 5.39 Å². The predicted octanol–water partition coefficient (Wildman–Crippen LogP) is 4.06. The summed E-state index contributed by atoms with van der Waals surface area (Å²) in [6, 6.07) is 7.82. The Kier molecular flexibility index (Phi) is 3.02. The van der Waals surface area contributed by atoms with Gasteiger partial charge in [0.1, 0.15) is 6.04 Å². The maximum absolute atomic E-state index is 12.5. The van der Waals surface area contributed by atoms with Gasteiger partial charge in [0.25, 0.3) is 0 Å². The molecule has 2 aromatic rings. The highest BCUT2D eigenvalue weighted by molar-refractivity contribution is 6.36. The van der Waals surface area contributed by atoms with Gasteiger partial charge in [-0.05, 0) is 10.9 Å². The van der Waals surface area contributed by atoms with Crippen LogP contribution in [-0.2, 0) is 0 Å². The Balaban J connectivity index is 2.61. The van der Waals surface area contributed by atoms with Crippen molar-refractivity contribution in [1.82, 2.24) is 0 Å². The van der Waals surface area contributed by atoms with Crippen molar-refractivity contribution in [2.45, 2.75) is 12.2 Å². The average Bonchev–Trinajstić information content (AvgIpc) is 2.28. The summed E-state index contributed by atoms with van der Waals surface area (Å²) in [6.07, 6.45) is -4.49. The van der Waals surface area contributed by atoms with E-state index < -0.39 is 12.2 Å². The second-order valence-corrected chi connectivity index (χ2v) is 4.09. The highest BCUT2D eigenvalue weighted by Gasteiger charge is 2.39. The number of hydrogen-bond donors (Lipinski definition) is 1. The van der Waals surface area contributed by atoms with Crippen LogP contribution in [0.1, 0.15) is 11.6 Å². The van der Waals surface area contributed by atoms with Crippen LogP contribution in [0.25, 0.3) is 10.8 Å². The summed E-state index contributed by atoms with van der Waals surface area (Å²) in [4.78, 5) is 0. The molecule has 0 aromatic heterocycles. The monoisotopic (exact) mass is 259 g/mol. The molecule has 0 radical (unpaired) electrons. The second-order valence-electron chi connectivity index (χ2n) is 3.71. The SMILES string of the molecule is N[C@@H](c1ccc2ccccc2c1Cl)C(F)(F)F. The first-order valence-electron chi connectivity index (χ1n) is 4.90. The van der Waals surface area contributed by atoms with Crippen LogP contribution in [0.15, 0.2) is 36.4 Å². The van der Waals surface area contributed by atoms with Gasteiger partial charge in [-0.2, -0.15) is 13.2 Å². The normalized spacial score (nSPS) is 13.9. The fourth-order valence-corrected chi connectivity index (χ4v) is 2.02. The number of nitrogens with two attached hydrogens (primary N) is 1. The Bertz CT molecular complexity index is 551. The molecule has 0 saturated carbocycles. The van der Waals surface area contributed by atoms with Crippen molar-refractivity contribution < 1.29 is 13.2 Å². The van der Waals surface area contributed by atoms with Gasteiger partial charge >= 0.3 is 6.18 Å². The number of benzene rings is 2. The van der Waals surface area contributed by atoms with Crippen LogP contribution in [0.4, 0.5) is 13.2 Å². The quantitative estimate of drug-likeness (QED) is 0.821. The third-order valence-corrected chi connectivity index (χ3v) is 3.00. The molecule has 90 valence electrons. The largest absolute Gasteiger partial charge is 0.407 e. The molecule has 0 unspecified atom stereocenters. The summed E-state index contributed by atoms with van der Waals surface area (Å²) < 4.78 is 37.6. The number of rotatable bonds is 1. The molecular weight excluding hydrogens is 251 g/mol. The fraction of sp³-hybridized carbons (Fsp3) is 0.167. The lowest BCUT2D eigenvalue weighted by molar-refractivity contribution is -0.149. The van der Waals surface area contributed by atoms with Gasteiger partial charge < -0.3 is 5.73 Å². The minimum atomic E-state index is -4.49. The first-order valence-corrected chi connectivity index (χ1v) is 5.28. The molecule has 0 bridgehead atoms. The molecule has 0 aliphatic rings. The third-order valence-electron chi connectivity index (χ3n) is 2.58. The van der Waals surface area contributed by atoms with Crippen LogP contribution in [0.5, 0.6) is 0 Å². The van der Waals surface area contributed by atoms with E-state index in [0.29, 0.717) is 5.39 Å². The van der Waals surface area contributed by atoms with Crippen molar-refractivity contribution in [3.63, 3.8) is 0 Å². The first-order chi connectivity index (χ1) is 7.91. The Hall–Kier alpha value is -1.26.